The van der Waals surface area contributed by atoms with Crippen LogP contribution in [0, 0.1) is 0 Å². The highest BCUT2D eigenvalue weighted by Crippen LogP contribution is 2.23. The molecule has 2 N–H and O–H groups in total. The summed E-state index contributed by atoms with van der Waals surface area (Å²) in [4.78, 5) is 31.3. The van der Waals surface area contributed by atoms with Gasteiger partial charge in [0, 0.05) is 49.5 Å². The van der Waals surface area contributed by atoms with Crippen molar-refractivity contribution in [1.29, 1.82) is 0 Å². The molecule has 2 atom stereocenters. The van der Waals surface area contributed by atoms with Crippen molar-refractivity contribution in [3.63, 3.8) is 0 Å². The molecule has 7 heteroatoms. The summed E-state index contributed by atoms with van der Waals surface area (Å²) < 4.78 is 0. The monoisotopic (exact) mass is 438 g/mol. The van der Waals surface area contributed by atoms with Crippen LogP contribution in [-0.2, 0) is 6.54 Å². The van der Waals surface area contributed by atoms with E-state index < -0.39 is 5.91 Å². The number of carbonyl (C=O) groups is 2. The van der Waals surface area contributed by atoms with Gasteiger partial charge in [-0.1, -0.05) is 43.7 Å². The first-order valence-electron chi connectivity index (χ1n) is 11.3. The molecule has 172 valence electrons. The van der Waals surface area contributed by atoms with Crippen molar-refractivity contribution in [3.8, 4) is 0 Å². The van der Waals surface area contributed by atoms with E-state index in [1.54, 1.807) is 17.6 Å². The van der Waals surface area contributed by atoms with Crippen molar-refractivity contribution in [2.45, 2.75) is 52.2 Å². The van der Waals surface area contributed by atoms with Crippen LogP contribution in [-0.4, -0.2) is 58.7 Å². The van der Waals surface area contributed by atoms with Crippen LogP contribution in [0.3, 0.4) is 0 Å². The van der Waals surface area contributed by atoms with Crippen molar-refractivity contribution in [2.75, 3.05) is 24.5 Å². The number of amides is 3. The van der Waals surface area contributed by atoms with E-state index >= 15 is 0 Å². The third-order valence-corrected chi connectivity index (χ3v) is 6.09. The number of nitrogens with one attached hydrogen (secondary N) is 1. The first-order chi connectivity index (χ1) is 15.4. The number of carbonyl (C=O) groups excluding carboxylic acids is 2. The Bertz CT molecular complexity index is 876. The molecule has 2 unspecified atom stereocenters. The molecule has 0 saturated carbocycles. The highest BCUT2D eigenvalue weighted by atomic mass is 16.5. The average Bonchev–Trinajstić information content (AvgIpc) is 2.82. The minimum absolute atomic E-state index is 0.0716. The Kier molecular flexibility index (Phi) is 8.25. The molecule has 1 aliphatic rings. The van der Waals surface area contributed by atoms with Crippen molar-refractivity contribution >= 4 is 17.6 Å². The molecule has 32 heavy (non-hydrogen) atoms. The third kappa shape index (κ3) is 5.66. The highest BCUT2D eigenvalue weighted by Gasteiger charge is 2.34. The number of nitrogens with zero attached hydrogens (tertiary/aromatic N) is 3. The van der Waals surface area contributed by atoms with Crippen LogP contribution in [0.4, 0.5) is 10.5 Å². The van der Waals surface area contributed by atoms with Gasteiger partial charge in [-0.25, -0.2) is 10.3 Å². The van der Waals surface area contributed by atoms with E-state index in [0.29, 0.717) is 18.7 Å². The van der Waals surface area contributed by atoms with E-state index in [4.69, 9.17) is 5.21 Å². The maximum Gasteiger partial charge on any atom is 0.324 e. The van der Waals surface area contributed by atoms with Gasteiger partial charge in [0.15, 0.2) is 0 Å². The number of hydrogen-bond acceptors (Lipinski definition) is 4. The molecule has 0 spiro atoms. The van der Waals surface area contributed by atoms with Crippen LogP contribution in [0.15, 0.2) is 54.6 Å². The van der Waals surface area contributed by atoms with Gasteiger partial charge in [-0.2, -0.15) is 0 Å². The van der Waals surface area contributed by atoms with Gasteiger partial charge in [-0.15, -0.1) is 0 Å². The van der Waals surface area contributed by atoms with Gasteiger partial charge in [0.1, 0.15) is 0 Å². The smallest absolute Gasteiger partial charge is 0.321 e. The summed E-state index contributed by atoms with van der Waals surface area (Å²) in [5.41, 5.74) is 4.11. The zero-order chi connectivity index (χ0) is 23.1. The Morgan fingerprint density at radius 2 is 1.66 bits per heavy atom. The van der Waals surface area contributed by atoms with Gasteiger partial charge in [0.25, 0.3) is 5.91 Å². The van der Waals surface area contributed by atoms with Crippen LogP contribution in [0.2, 0.25) is 0 Å². The minimum Gasteiger partial charge on any atom is -0.321 e. The summed E-state index contributed by atoms with van der Waals surface area (Å²) in [5, 5.41) is 8.77. The lowest BCUT2D eigenvalue weighted by molar-refractivity contribution is 0.0509. The molecular weight excluding hydrogens is 404 g/mol. The molecule has 3 rings (SSSR count). The second kappa shape index (κ2) is 11.1. The molecule has 3 amide bonds. The van der Waals surface area contributed by atoms with Crippen LogP contribution >= 0.6 is 0 Å². The van der Waals surface area contributed by atoms with E-state index in [1.165, 1.54) is 0 Å². The largest absolute Gasteiger partial charge is 0.324 e. The molecule has 1 heterocycles. The number of benzene rings is 2. The molecule has 2 aromatic carbocycles. The van der Waals surface area contributed by atoms with Gasteiger partial charge in [-0.3, -0.25) is 19.8 Å². The van der Waals surface area contributed by atoms with E-state index in [0.717, 1.165) is 37.2 Å². The lowest BCUT2D eigenvalue weighted by Gasteiger charge is -2.45. The average molecular weight is 439 g/mol. The molecule has 1 aliphatic heterocycles. The minimum atomic E-state index is -0.517. The molecule has 0 bridgehead atoms. The van der Waals surface area contributed by atoms with E-state index in [-0.39, 0.29) is 18.1 Å². The van der Waals surface area contributed by atoms with Crippen LogP contribution < -0.4 is 10.4 Å². The summed E-state index contributed by atoms with van der Waals surface area (Å²) in [6, 6.07) is 17.6. The fourth-order valence-electron chi connectivity index (χ4n) is 4.29. The second-order valence-corrected chi connectivity index (χ2v) is 8.54. The van der Waals surface area contributed by atoms with E-state index in [9.17, 15) is 9.59 Å². The van der Waals surface area contributed by atoms with Crippen LogP contribution in [0.25, 0.3) is 0 Å². The van der Waals surface area contributed by atoms with E-state index in [1.807, 2.05) is 52.3 Å². The predicted octanol–water partition coefficient (Wildman–Crippen LogP) is 4.13. The molecule has 0 aromatic heterocycles. The molecule has 7 nitrogen and oxygen atoms in total. The summed E-state index contributed by atoms with van der Waals surface area (Å²) in [5.74, 6) is -0.517. The summed E-state index contributed by atoms with van der Waals surface area (Å²) >= 11 is 0. The number of piperazine rings is 1. The lowest BCUT2D eigenvalue weighted by atomic mass is 10.0. The highest BCUT2D eigenvalue weighted by molar-refractivity contribution is 5.93. The fraction of sp³-hybridized carbons (Fsp3) is 0.440. The van der Waals surface area contributed by atoms with Gasteiger partial charge in [0.05, 0.1) is 0 Å². The van der Waals surface area contributed by atoms with Crippen molar-refractivity contribution in [2.24, 2.45) is 0 Å². The van der Waals surface area contributed by atoms with Gasteiger partial charge in [-0.05, 0) is 50.1 Å². The van der Waals surface area contributed by atoms with Gasteiger partial charge < -0.3 is 4.90 Å². The first kappa shape index (κ1) is 23.8. The van der Waals surface area contributed by atoms with Gasteiger partial charge >= 0.3 is 6.03 Å². The van der Waals surface area contributed by atoms with Gasteiger partial charge in [0.2, 0.25) is 0 Å². The second-order valence-electron chi connectivity index (χ2n) is 8.54. The lowest BCUT2D eigenvalue weighted by Crippen LogP contribution is -2.60. The molecule has 2 aromatic rings. The van der Waals surface area contributed by atoms with Crippen molar-refractivity contribution in [1.82, 2.24) is 15.3 Å². The Morgan fingerprint density at radius 1 is 1.03 bits per heavy atom. The van der Waals surface area contributed by atoms with Crippen molar-refractivity contribution < 1.29 is 14.8 Å². The molecular formula is C25H34N4O3. The predicted molar refractivity (Wildman–Crippen MR) is 126 cm³/mol. The summed E-state index contributed by atoms with van der Waals surface area (Å²) in [7, 11) is 0. The first-order valence-corrected chi connectivity index (χ1v) is 11.3. The van der Waals surface area contributed by atoms with E-state index in [2.05, 4.69) is 25.7 Å². The van der Waals surface area contributed by atoms with Crippen LogP contribution in [0.5, 0.6) is 0 Å². The maximum atomic E-state index is 13.5. The zero-order valence-electron chi connectivity index (χ0n) is 19.2. The Balaban J connectivity index is 1.67. The Labute approximate surface area is 190 Å². The van der Waals surface area contributed by atoms with Crippen LogP contribution in [0.1, 0.15) is 49.5 Å². The Morgan fingerprint density at radius 3 is 2.22 bits per heavy atom. The molecule has 0 radical (unpaired) electrons. The number of anilines is 1. The zero-order valence-corrected chi connectivity index (χ0v) is 19.2. The molecule has 1 fully saturated rings. The fourth-order valence-corrected chi connectivity index (χ4v) is 4.29. The maximum absolute atomic E-state index is 13.5. The number of hydrogen-bond donors (Lipinski definition) is 2. The SMILES string of the molecule is CCCCN(C(=O)N1CC(C)N(Cc2ccc(C(=O)NO)cc2)C(C)C1)c1ccccc1. The Hall–Kier alpha value is -2.90. The number of para-hydroxylation sites is 1. The third-order valence-electron chi connectivity index (χ3n) is 6.09. The number of hydroxylamine groups is 1. The normalized spacial score (nSPS) is 18.9. The number of rotatable bonds is 7. The van der Waals surface area contributed by atoms with Crippen molar-refractivity contribution in [3.05, 3.63) is 65.7 Å². The topological polar surface area (TPSA) is 76.1 Å². The number of unbranched alkanes of at least 4 members (excludes halogenated alkanes) is 1. The standard InChI is InChI=1S/C25H34N4O3/c1-4-5-15-28(23-9-7-6-8-10-23)25(31)27-16-19(2)29(20(3)17-27)18-21-11-13-22(14-12-21)24(30)26-32/h6-14,19-20,32H,4-5,15-18H2,1-3H3,(H,26,30). The quantitative estimate of drug-likeness (QED) is 0.504. The number of urea groups is 1. The summed E-state index contributed by atoms with van der Waals surface area (Å²) in [6.07, 6.45) is 2.01. The molecule has 1 saturated heterocycles. The molecule has 0 aliphatic carbocycles. The summed E-state index contributed by atoms with van der Waals surface area (Å²) in [6.45, 7) is 9.25.